The maximum absolute atomic E-state index is 12.4. The molecule has 6 heteroatoms. The molecular weight excluding hydrogens is 288 g/mol. The number of amides is 1. The van der Waals surface area contributed by atoms with Crippen molar-refractivity contribution in [3.8, 4) is 0 Å². The van der Waals surface area contributed by atoms with Gasteiger partial charge in [0.05, 0.1) is 12.1 Å². The molecule has 0 radical (unpaired) electrons. The lowest BCUT2D eigenvalue weighted by Gasteiger charge is -2.31. The predicted molar refractivity (Wildman–Crippen MR) is 81.3 cm³/mol. The van der Waals surface area contributed by atoms with Crippen molar-refractivity contribution in [3.05, 3.63) is 29.1 Å². The van der Waals surface area contributed by atoms with E-state index in [0.29, 0.717) is 5.56 Å². The number of rotatable bonds is 3. The number of hydrogen-bond acceptors (Lipinski definition) is 2. The van der Waals surface area contributed by atoms with Crippen molar-refractivity contribution in [1.82, 2.24) is 15.2 Å². The molecule has 0 aromatic carbocycles. The van der Waals surface area contributed by atoms with Crippen LogP contribution in [0.3, 0.4) is 0 Å². The van der Waals surface area contributed by atoms with Crippen LogP contribution in [0.1, 0.15) is 41.9 Å². The Morgan fingerprint density at radius 2 is 2.27 bits per heavy atom. The van der Waals surface area contributed by atoms with Gasteiger partial charge in [-0.15, -0.1) is 0 Å². The van der Waals surface area contributed by atoms with Crippen molar-refractivity contribution >= 4 is 11.5 Å². The van der Waals surface area contributed by atoms with E-state index >= 15 is 0 Å². The van der Waals surface area contributed by atoms with E-state index in [1.807, 2.05) is 6.20 Å². The lowest BCUT2D eigenvalue weighted by atomic mass is 9.74. The molecule has 0 bridgehead atoms. The van der Waals surface area contributed by atoms with Gasteiger partial charge in [0.15, 0.2) is 0 Å². The molecule has 0 spiro atoms. The van der Waals surface area contributed by atoms with E-state index in [4.69, 9.17) is 0 Å². The molecule has 120 valence electrons. The van der Waals surface area contributed by atoms with Gasteiger partial charge in [0.1, 0.15) is 0 Å². The summed E-state index contributed by atoms with van der Waals surface area (Å²) < 4.78 is 26.8. The molecule has 1 aliphatic heterocycles. The second-order valence-corrected chi connectivity index (χ2v) is 6.56. The Labute approximate surface area is 128 Å². The van der Waals surface area contributed by atoms with E-state index in [9.17, 15) is 13.6 Å². The van der Waals surface area contributed by atoms with Gasteiger partial charge >= 0.3 is 0 Å². The minimum atomic E-state index is -2.53. The fourth-order valence-electron chi connectivity index (χ4n) is 3.36. The van der Waals surface area contributed by atoms with Crippen LogP contribution in [0.15, 0.2) is 12.3 Å². The van der Waals surface area contributed by atoms with Crippen LogP contribution in [0.2, 0.25) is 0 Å². The number of aromatic nitrogens is 1. The third-order valence-electron chi connectivity index (χ3n) is 4.42. The molecule has 0 saturated heterocycles. The van der Waals surface area contributed by atoms with Crippen molar-refractivity contribution in [2.45, 2.75) is 38.7 Å². The maximum atomic E-state index is 12.4. The van der Waals surface area contributed by atoms with Gasteiger partial charge in [-0.3, -0.25) is 4.79 Å². The second-order valence-electron chi connectivity index (χ2n) is 6.56. The molecule has 0 unspecified atom stereocenters. The van der Waals surface area contributed by atoms with Gasteiger partial charge in [0, 0.05) is 31.5 Å². The summed E-state index contributed by atoms with van der Waals surface area (Å²) in [6.45, 7) is 5.97. The molecule has 2 N–H and O–H groups in total. The van der Waals surface area contributed by atoms with Crippen LogP contribution in [0.4, 0.5) is 8.78 Å². The first kappa shape index (κ1) is 15.2. The zero-order valence-electron chi connectivity index (χ0n) is 12.9. The molecule has 0 atom stereocenters. The van der Waals surface area contributed by atoms with E-state index in [-0.39, 0.29) is 5.41 Å². The number of nitrogens with zero attached hydrogens (tertiary/aromatic N) is 1. The van der Waals surface area contributed by atoms with E-state index in [2.05, 4.69) is 35.1 Å². The number of nitrogens with one attached hydrogen (secondary N) is 2. The van der Waals surface area contributed by atoms with E-state index in [0.717, 1.165) is 37.3 Å². The van der Waals surface area contributed by atoms with Crippen LogP contribution in [0.25, 0.3) is 5.57 Å². The maximum Gasteiger partial charge on any atom is 0.255 e. The monoisotopic (exact) mass is 309 g/mol. The molecule has 4 nitrogen and oxygen atoms in total. The van der Waals surface area contributed by atoms with Crippen LogP contribution < -0.4 is 10.6 Å². The summed E-state index contributed by atoms with van der Waals surface area (Å²) in [6.07, 6.45) is 2.35. The summed E-state index contributed by atoms with van der Waals surface area (Å²) in [5.41, 5.74) is 3.63. The van der Waals surface area contributed by atoms with Gasteiger partial charge in [0.2, 0.25) is 0 Å². The normalized spacial score (nSPS) is 19.4. The molecule has 0 fully saturated rings. The largest absolute Gasteiger partial charge is 0.346 e. The number of halogens is 2. The van der Waals surface area contributed by atoms with E-state index in [1.54, 1.807) is 0 Å². The molecular formula is C16H21F2N3O. The summed E-state index contributed by atoms with van der Waals surface area (Å²) in [7, 11) is 0. The van der Waals surface area contributed by atoms with Crippen molar-refractivity contribution in [3.63, 3.8) is 0 Å². The first-order valence-electron chi connectivity index (χ1n) is 7.60. The van der Waals surface area contributed by atoms with Gasteiger partial charge in [0.25, 0.3) is 12.3 Å². The quantitative estimate of drug-likeness (QED) is 0.899. The SMILES string of the molecule is CC1(C)CC=C2CNCCn3cc(C(=O)NCC(F)F)c1c32. The predicted octanol–water partition coefficient (Wildman–Crippen LogP) is 2.15. The Bertz CT molecular complexity index is 632. The summed E-state index contributed by atoms with van der Waals surface area (Å²) in [6, 6.07) is 0. The lowest BCUT2D eigenvalue weighted by Crippen LogP contribution is -2.32. The highest BCUT2D eigenvalue weighted by atomic mass is 19.3. The molecule has 0 saturated carbocycles. The van der Waals surface area contributed by atoms with Crippen LogP contribution in [0, 0.1) is 0 Å². The van der Waals surface area contributed by atoms with Crippen molar-refractivity contribution in [1.29, 1.82) is 0 Å². The first-order chi connectivity index (χ1) is 10.4. The molecule has 1 aromatic heterocycles. The lowest BCUT2D eigenvalue weighted by molar-refractivity contribution is 0.0889. The third-order valence-corrected chi connectivity index (χ3v) is 4.42. The van der Waals surface area contributed by atoms with Gasteiger partial charge in [-0.25, -0.2) is 8.78 Å². The van der Waals surface area contributed by atoms with Crippen molar-refractivity contribution in [2.24, 2.45) is 0 Å². The topological polar surface area (TPSA) is 46.1 Å². The highest BCUT2D eigenvalue weighted by molar-refractivity contribution is 5.98. The summed E-state index contributed by atoms with van der Waals surface area (Å²) in [5, 5.41) is 5.71. The smallest absolute Gasteiger partial charge is 0.255 e. The van der Waals surface area contributed by atoms with E-state index in [1.165, 1.54) is 5.57 Å². The van der Waals surface area contributed by atoms with E-state index < -0.39 is 18.9 Å². The average molecular weight is 309 g/mol. The first-order valence-corrected chi connectivity index (χ1v) is 7.60. The highest BCUT2D eigenvalue weighted by Gasteiger charge is 2.36. The van der Waals surface area contributed by atoms with Crippen LogP contribution >= 0.6 is 0 Å². The molecule has 2 heterocycles. The third kappa shape index (κ3) is 2.56. The summed E-state index contributed by atoms with van der Waals surface area (Å²) in [4.78, 5) is 12.4. The number of carbonyl (C=O) groups is 1. The van der Waals surface area contributed by atoms with Crippen LogP contribution in [-0.4, -0.2) is 36.5 Å². The standard InChI is InChI=1S/C16H21F2N3O/c1-16(2)4-3-10-7-19-5-6-21-9-11(13(16)14(10)21)15(22)20-8-12(17)18/h3,9,12,19H,4-8H2,1-2H3,(H,20,22). The van der Waals surface area contributed by atoms with Gasteiger partial charge in [-0.1, -0.05) is 19.9 Å². The van der Waals surface area contributed by atoms with Crippen LogP contribution in [-0.2, 0) is 12.0 Å². The number of hydrogen-bond donors (Lipinski definition) is 2. The fraction of sp³-hybridized carbons (Fsp3) is 0.562. The van der Waals surface area contributed by atoms with Crippen molar-refractivity contribution in [2.75, 3.05) is 19.6 Å². The molecule has 22 heavy (non-hydrogen) atoms. The molecule has 2 aliphatic rings. The highest BCUT2D eigenvalue weighted by Crippen LogP contribution is 2.42. The molecule has 1 aliphatic carbocycles. The minimum absolute atomic E-state index is 0.175. The zero-order valence-corrected chi connectivity index (χ0v) is 12.9. The number of allylic oxidation sites excluding steroid dienone is 1. The summed E-state index contributed by atoms with van der Waals surface area (Å²) >= 11 is 0. The Hall–Kier alpha value is -1.69. The Kier molecular flexibility index (Phi) is 3.80. The van der Waals surface area contributed by atoms with Crippen molar-refractivity contribution < 1.29 is 13.6 Å². The second kappa shape index (κ2) is 5.50. The number of carbonyl (C=O) groups excluding carboxylic acids is 1. The molecule has 1 amide bonds. The Morgan fingerprint density at radius 1 is 1.50 bits per heavy atom. The van der Waals surface area contributed by atoms with Gasteiger partial charge in [-0.05, 0) is 23.0 Å². The molecule has 1 aromatic rings. The Balaban J connectivity index is 2.05. The van der Waals surface area contributed by atoms with Gasteiger partial charge in [-0.2, -0.15) is 0 Å². The van der Waals surface area contributed by atoms with Gasteiger partial charge < -0.3 is 15.2 Å². The number of alkyl halides is 2. The minimum Gasteiger partial charge on any atom is -0.346 e. The zero-order chi connectivity index (χ0) is 15.9. The fourth-order valence-corrected chi connectivity index (χ4v) is 3.36. The summed E-state index contributed by atoms with van der Waals surface area (Å²) in [5.74, 6) is -0.404. The van der Waals surface area contributed by atoms with Crippen LogP contribution in [0.5, 0.6) is 0 Å². The Morgan fingerprint density at radius 3 is 3.00 bits per heavy atom. The average Bonchev–Trinajstić information content (AvgIpc) is 2.73. The molecule has 3 rings (SSSR count).